The zero-order chi connectivity index (χ0) is 24.3. The first-order valence-corrected chi connectivity index (χ1v) is 12.9. The second kappa shape index (κ2) is 9.96. The van der Waals surface area contributed by atoms with E-state index in [1.807, 2.05) is 0 Å². The number of anilines is 2. The summed E-state index contributed by atoms with van der Waals surface area (Å²) in [5.41, 5.74) is 11.9. The van der Waals surface area contributed by atoms with Crippen LogP contribution in [0, 0.1) is 0 Å². The Morgan fingerprint density at radius 3 is 1.69 bits per heavy atom. The summed E-state index contributed by atoms with van der Waals surface area (Å²) in [6.07, 6.45) is 9.18. The molecule has 0 aromatic heterocycles. The van der Waals surface area contributed by atoms with E-state index in [0.717, 1.165) is 24.2 Å². The van der Waals surface area contributed by atoms with Crippen LogP contribution in [-0.2, 0) is 18.3 Å². The first-order valence-electron chi connectivity index (χ1n) is 12.9. The van der Waals surface area contributed by atoms with Gasteiger partial charge in [0.05, 0.1) is 0 Å². The molecular formula is C34H35N. The van der Waals surface area contributed by atoms with Crippen LogP contribution in [0.4, 0.5) is 11.4 Å². The molecule has 0 heterocycles. The molecular weight excluding hydrogens is 422 g/mol. The predicted octanol–water partition coefficient (Wildman–Crippen LogP) is 9.44. The van der Waals surface area contributed by atoms with Gasteiger partial charge in [0.1, 0.15) is 0 Å². The molecule has 4 aromatic rings. The largest absolute Gasteiger partial charge is 0.356 e. The predicted molar refractivity (Wildman–Crippen MR) is 152 cm³/mol. The molecule has 0 aliphatic heterocycles. The maximum absolute atomic E-state index is 3.53. The molecule has 0 amide bonds. The van der Waals surface area contributed by atoms with Crippen molar-refractivity contribution < 1.29 is 0 Å². The Labute approximate surface area is 210 Å². The summed E-state index contributed by atoms with van der Waals surface area (Å²) in [5.74, 6) is 0. The summed E-state index contributed by atoms with van der Waals surface area (Å²) in [4.78, 5) is 0. The Hall–Kier alpha value is -3.58. The minimum absolute atomic E-state index is 0.264. The number of fused-ring (bicyclic) bond motifs is 1. The number of aryl methyl sites for hydroxylation is 2. The molecule has 4 aromatic carbocycles. The van der Waals surface area contributed by atoms with Gasteiger partial charge in [-0.1, -0.05) is 99.7 Å². The van der Waals surface area contributed by atoms with Gasteiger partial charge in [0.25, 0.3) is 0 Å². The van der Waals surface area contributed by atoms with Crippen LogP contribution in [0.15, 0.2) is 91.0 Å². The minimum Gasteiger partial charge on any atom is -0.356 e. The molecule has 0 unspecified atom stereocenters. The molecule has 0 spiro atoms. The van der Waals surface area contributed by atoms with Gasteiger partial charge in [-0.15, -0.1) is 0 Å². The van der Waals surface area contributed by atoms with Crippen molar-refractivity contribution in [1.29, 1.82) is 0 Å². The fourth-order valence-electron chi connectivity index (χ4n) is 4.82. The molecule has 35 heavy (non-hydrogen) atoms. The molecule has 5 rings (SSSR count). The van der Waals surface area contributed by atoms with Gasteiger partial charge in [0, 0.05) is 11.4 Å². The quantitative estimate of drug-likeness (QED) is 0.260. The summed E-state index contributed by atoms with van der Waals surface area (Å²) < 4.78 is 0. The number of hydrogen-bond acceptors (Lipinski definition) is 1. The van der Waals surface area contributed by atoms with E-state index in [9.17, 15) is 0 Å². The Morgan fingerprint density at radius 1 is 0.629 bits per heavy atom. The summed E-state index contributed by atoms with van der Waals surface area (Å²) in [5, 5.41) is 3.53. The molecule has 0 fully saturated rings. The fourth-order valence-corrected chi connectivity index (χ4v) is 4.82. The van der Waals surface area contributed by atoms with E-state index in [4.69, 9.17) is 0 Å². The van der Waals surface area contributed by atoms with Crippen molar-refractivity contribution in [3.8, 4) is 11.1 Å². The second-order valence-corrected chi connectivity index (χ2v) is 10.0. The molecule has 1 nitrogen and oxygen atoms in total. The summed E-state index contributed by atoms with van der Waals surface area (Å²) in [6, 6.07) is 33.2. The van der Waals surface area contributed by atoms with Crippen molar-refractivity contribution in [2.45, 2.75) is 51.9 Å². The van der Waals surface area contributed by atoms with Crippen LogP contribution in [0.3, 0.4) is 0 Å². The normalized spacial score (nSPS) is 12.9. The van der Waals surface area contributed by atoms with Crippen molar-refractivity contribution in [2.24, 2.45) is 0 Å². The molecule has 1 aliphatic rings. The molecule has 0 bridgehead atoms. The van der Waals surface area contributed by atoms with Gasteiger partial charge in [-0.05, 0) is 94.3 Å². The van der Waals surface area contributed by atoms with Gasteiger partial charge in [0.15, 0.2) is 0 Å². The third-order valence-electron chi connectivity index (χ3n) is 7.92. The highest BCUT2D eigenvalue weighted by Gasteiger charge is 2.21. The highest BCUT2D eigenvalue weighted by Crippen LogP contribution is 2.33. The average molecular weight is 458 g/mol. The lowest BCUT2D eigenvalue weighted by atomic mass is 9.77. The number of benzene rings is 4. The molecule has 0 radical (unpaired) electrons. The Bertz CT molecular complexity index is 1300. The number of rotatable bonds is 8. The van der Waals surface area contributed by atoms with Gasteiger partial charge < -0.3 is 5.32 Å². The van der Waals surface area contributed by atoms with Crippen molar-refractivity contribution in [1.82, 2.24) is 0 Å². The van der Waals surface area contributed by atoms with Crippen LogP contribution in [-0.4, -0.2) is 0 Å². The molecule has 0 saturated heterocycles. The van der Waals surface area contributed by atoms with Crippen molar-refractivity contribution in [3.05, 3.63) is 119 Å². The zero-order valence-corrected chi connectivity index (χ0v) is 21.1. The number of nitrogens with one attached hydrogen (secondary N) is 1. The third-order valence-corrected chi connectivity index (χ3v) is 7.92. The van der Waals surface area contributed by atoms with E-state index in [-0.39, 0.29) is 5.41 Å². The van der Waals surface area contributed by atoms with E-state index in [1.165, 1.54) is 51.8 Å². The Kier molecular flexibility index (Phi) is 6.59. The van der Waals surface area contributed by atoms with Gasteiger partial charge in [0.2, 0.25) is 0 Å². The molecule has 1 aliphatic carbocycles. The smallest absolute Gasteiger partial charge is 0.0384 e. The lowest BCUT2D eigenvalue weighted by Crippen LogP contribution is -2.19. The maximum atomic E-state index is 3.53. The molecule has 1 N–H and O–H groups in total. The summed E-state index contributed by atoms with van der Waals surface area (Å²) in [6.45, 7) is 6.92. The standard InChI is InChI=1S/C34H35N/c1-4-34(3,5-2)31-18-14-27(15-19-31)28-16-22-33(23-17-28)35-32-20-9-25(10-21-32)6-7-26-8-11-29-12-13-30(29)24-26/h6-11,14-24,35H,4-5,12-13H2,1-3H3/b7-6+. The first kappa shape index (κ1) is 23.2. The lowest BCUT2D eigenvalue weighted by molar-refractivity contribution is 0.439. The topological polar surface area (TPSA) is 12.0 Å². The average Bonchev–Trinajstić information content (AvgIpc) is 2.89. The first-order chi connectivity index (χ1) is 17.1. The number of hydrogen-bond donors (Lipinski definition) is 1. The zero-order valence-electron chi connectivity index (χ0n) is 21.1. The highest BCUT2D eigenvalue weighted by molar-refractivity contribution is 5.73. The van der Waals surface area contributed by atoms with Crippen LogP contribution in [0.5, 0.6) is 0 Å². The third kappa shape index (κ3) is 5.10. The lowest BCUT2D eigenvalue weighted by Gasteiger charge is -2.27. The Morgan fingerprint density at radius 2 is 1.14 bits per heavy atom. The van der Waals surface area contributed by atoms with Crippen LogP contribution in [0.1, 0.15) is 61.4 Å². The van der Waals surface area contributed by atoms with Crippen LogP contribution in [0.25, 0.3) is 23.3 Å². The minimum atomic E-state index is 0.264. The van der Waals surface area contributed by atoms with E-state index in [2.05, 4.69) is 129 Å². The summed E-state index contributed by atoms with van der Waals surface area (Å²) >= 11 is 0. The summed E-state index contributed by atoms with van der Waals surface area (Å²) in [7, 11) is 0. The van der Waals surface area contributed by atoms with Crippen molar-refractivity contribution in [2.75, 3.05) is 5.32 Å². The van der Waals surface area contributed by atoms with E-state index in [0.29, 0.717) is 0 Å². The SMILES string of the molecule is CCC(C)(CC)c1ccc(-c2ccc(Nc3ccc(/C=C/c4ccc5c(c4)CC5)cc3)cc2)cc1. The van der Waals surface area contributed by atoms with Crippen molar-refractivity contribution in [3.63, 3.8) is 0 Å². The molecule has 1 heteroatoms. The molecule has 176 valence electrons. The van der Waals surface area contributed by atoms with E-state index in [1.54, 1.807) is 0 Å². The van der Waals surface area contributed by atoms with Crippen LogP contribution in [0.2, 0.25) is 0 Å². The monoisotopic (exact) mass is 457 g/mol. The van der Waals surface area contributed by atoms with Gasteiger partial charge in [-0.25, -0.2) is 0 Å². The molecule has 0 atom stereocenters. The van der Waals surface area contributed by atoms with E-state index < -0.39 is 0 Å². The van der Waals surface area contributed by atoms with Gasteiger partial charge >= 0.3 is 0 Å². The van der Waals surface area contributed by atoms with Crippen LogP contribution < -0.4 is 5.32 Å². The maximum Gasteiger partial charge on any atom is 0.0384 e. The molecule has 0 saturated carbocycles. The van der Waals surface area contributed by atoms with Gasteiger partial charge in [-0.3, -0.25) is 0 Å². The van der Waals surface area contributed by atoms with Crippen molar-refractivity contribution >= 4 is 23.5 Å². The fraction of sp³-hybridized carbons (Fsp3) is 0.235. The van der Waals surface area contributed by atoms with Crippen LogP contribution >= 0.6 is 0 Å². The highest BCUT2D eigenvalue weighted by atomic mass is 14.9. The second-order valence-electron chi connectivity index (χ2n) is 10.0. The van der Waals surface area contributed by atoms with E-state index >= 15 is 0 Å². The Balaban J connectivity index is 1.21. The van der Waals surface area contributed by atoms with Gasteiger partial charge in [-0.2, -0.15) is 0 Å².